The summed E-state index contributed by atoms with van der Waals surface area (Å²) in [4.78, 5) is 0. The third-order valence-electron chi connectivity index (χ3n) is 1.98. The normalized spacial score (nSPS) is 10.4. The smallest absolute Gasteiger partial charge is 0.146 e. The number of nitrogens with zero attached hydrogens (tertiary/aromatic N) is 1. The minimum Gasteiger partial charge on any atom is -0.396 e. The molecule has 14 heavy (non-hydrogen) atoms. The van der Waals surface area contributed by atoms with E-state index in [-0.39, 0.29) is 5.69 Å². The Labute approximate surface area is 79.7 Å². The zero-order chi connectivity index (χ0) is 10.1. The van der Waals surface area contributed by atoms with Gasteiger partial charge in [-0.25, -0.2) is 4.39 Å². The Morgan fingerprint density at radius 1 is 1.29 bits per heavy atom. The number of hydrogen-bond acceptors (Lipinski definition) is 3. The number of aromatic nitrogens is 2. The second-order valence-electron chi connectivity index (χ2n) is 2.93. The van der Waals surface area contributed by atoms with Crippen LogP contribution < -0.4 is 11.5 Å². The largest absolute Gasteiger partial charge is 0.396 e. The lowest BCUT2D eigenvalue weighted by Crippen LogP contribution is -1.92. The SMILES string of the molecule is Nc1cc(-c2cn[nH]c2N)ccc1F. The standard InChI is InChI=1S/C9H9FN4/c10-7-2-1-5(3-8(7)11)6-4-13-14-9(6)12/h1-4H,11H2,(H3,12,13,14). The van der Waals surface area contributed by atoms with E-state index in [0.29, 0.717) is 5.82 Å². The summed E-state index contributed by atoms with van der Waals surface area (Å²) in [6.07, 6.45) is 1.57. The average Bonchev–Trinajstić information content (AvgIpc) is 2.57. The summed E-state index contributed by atoms with van der Waals surface area (Å²) < 4.78 is 12.9. The molecule has 0 aliphatic carbocycles. The van der Waals surface area contributed by atoms with Gasteiger partial charge >= 0.3 is 0 Å². The van der Waals surface area contributed by atoms with Crippen LogP contribution in [-0.2, 0) is 0 Å². The van der Waals surface area contributed by atoms with Gasteiger partial charge in [-0.2, -0.15) is 5.10 Å². The number of hydrogen-bond donors (Lipinski definition) is 3. The van der Waals surface area contributed by atoms with Gasteiger partial charge < -0.3 is 11.5 Å². The van der Waals surface area contributed by atoms with E-state index in [1.165, 1.54) is 12.1 Å². The molecule has 2 aromatic rings. The maximum Gasteiger partial charge on any atom is 0.146 e. The van der Waals surface area contributed by atoms with Crippen molar-refractivity contribution in [3.8, 4) is 11.1 Å². The van der Waals surface area contributed by atoms with E-state index in [4.69, 9.17) is 11.5 Å². The zero-order valence-corrected chi connectivity index (χ0v) is 7.29. The van der Waals surface area contributed by atoms with Gasteiger partial charge in [0.25, 0.3) is 0 Å². The van der Waals surface area contributed by atoms with Crippen molar-refractivity contribution < 1.29 is 4.39 Å². The fourth-order valence-electron chi connectivity index (χ4n) is 1.24. The maximum absolute atomic E-state index is 12.9. The summed E-state index contributed by atoms with van der Waals surface area (Å²) in [5, 5.41) is 6.36. The first kappa shape index (κ1) is 8.55. The number of nitrogen functional groups attached to an aromatic ring is 2. The monoisotopic (exact) mass is 192 g/mol. The van der Waals surface area contributed by atoms with Gasteiger partial charge in [-0.15, -0.1) is 0 Å². The van der Waals surface area contributed by atoms with Gasteiger partial charge in [-0.05, 0) is 17.7 Å². The van der Waals surface area contributed by atoms with Crippen molar-refractivity contribution in [2.24, 2.45) is 0 Å². The Kier molecular flexibility index (Phi) is 1.85. The Bertz CT molecular complexity index is 464. The molecule has 0 aliphatic heterocycles. The fourth-order valence-corrected chi connectivity index (χ4v) is 1.24. The zero-order valence-electron chi connectivity index (χ0n) is 7.29. The molecule has 0 atom stereocenters. The molecule has 0 aliphatic rings. The first-order chi connectivity index (χ1) is 6.68. The summed E-state index contributed by atoms with van der Waals surface area (Å²) in [5.41, 5.74) is 12.6. The molecule has 0 amide bonds. The molecule has 0 radical (unpaired) electrons. The van der Waals surface area contributed by atoms with E-state index in [1.54, 1.807) is 12.3 Å². The lowest BCUT2D eigenvalue weighted by molar-refractivity contribution is 0.632. The van der Waals surface area contributed by atoms with Crippen LogP contribution in [0.2, 0.25) is 0 Å². The second-order valence-corrected chi connectivity index (χ2v) is 2.93. The van der Waals surface area contributed by atoms with Crippen LogP contribution >= 0.6 is 0 Å². The van der Waals surface area contributed by atoms with E-state index in [1.807, 2.05) is 0 Å². The molecule has 5 N–H and O–H groups in total. The van der Waals surface area contributed by atoms with Crippen LogP contribution in [0.5, 0.6) is 0 Å². The molecule has 0 unspecified atom stereocenters. The Morgan fingerprint density at radius 2 is 2.07 bits per heavy atom. The molecule has 0 saturated carbocycles. The van der Waals surface area contributed by atoms with Crippen LogP contribution in [0.15, 0.2) is 24.4 Å². The molecule has 2 rings (SSSR count). The predicted molar refractivity (Wildman–Crippen MR) is 52.8 cm³/mol. The molecule has 0 spiro atoms. The van der Waals surface area contributed by atoms with Gasteiger partial charge in [0.1, 0.15) is 11.6 Å². The molecule has 0 bridgehead atoms. The van der Waals surface area contributed by atoms with Gasteiger partial charge in [0.15, 0.2) is 0 Å². The third kappa shape index (κ3) is 1.28. The van der Waals surface area contributed by atoms with E-state index in [9.17, 15) is 4.39 Å². The molecule has 1 aromatic carbocycles. The highest BCUT2D eigenvalue weighted by Gasteiger charge is 2.06. The Balaban J connectivity index is 2.53. The van der Waals surface area contributed by atoms with E-state index < -0.39 is 5.82 Å². The van der Waals surface area contributed by atoms with Crippen molar-refractivity contribution in [1.82, 2.24) is 10.2 Å². The van der Waals surface area contributed by atoms with Crippen molar-refractivity contribution >= 4 is 11.5 Å². The van der Waals surface area contributed by atoms with Gasteiger partial charge in [-0.1, -0.05) is 6.07 Å². The lowest BCUT2D eigenvalue weighted by Gasteiger charge is -2.01. The summed E-state index contributed by atoms with van der Waals surface area (Å²) in [5.74, 6) is 0.00632. The number of anilines is 2. The molecule has 4 nitrogen and oxygen atoms in total. The summed E-state index contributed by atoms with van der Waals surface area (Å²) in [7, 11) is 0. The summed E-state index contributed by atoms with van der Waals surface area (Å²) >= 11 is 0. The third-order valence-corrected chi connectivity index (χ3v) is 1.98. The molecule has 72 valence electrons. The highest BCUT2D eigenvalue weighted by Crippen LogP contribution is 2.26. The average molecular weight is 192 g/mol. The summed E-state index contributed by atoms with van der Waals surface area (Å²) in [6, 6.07) is 4.43. The maximum atomic E-state index is 12.9. The predicted octanol–water partition coefficient (Wildman–Crippen LogP) is 1.38. The number of benzene rings is 1. The van der Waals surface area contributed by atoms with Crippen molar-refractivity contribution in [2.45, 2.75) is 0 Å². The highest BCUT2D eigenvalue weighted by molar-refractivity contribution is 5.75. The van der Waals surface area contributed by atoms with E-state index in [2.05, 4.69) is 10.2 Å². The van der Waals surface area contributed by atoms with Gasteiger partial charge in [-0.3, -0.25) is 5.10 Å². The Morgan fingerprint density at radius 3 is 2.64 bits per heavy atom. The number of H-pyrrole nitrogens is 1. The van der Waals surface area contributed by atoms with Gasteiger partial charge in [0, 0.05) is 5.56 Å². The number of halogens is 1. The number of aromatic amines is 1. The number of rotatable bonds is 1. The molecule has 1 aromatic heterocycles. The Hall–Kier alpha value is -2.04. The topological polar surface area (TPSA) is 80.7 Å². The van der Waals surface area contributed by atoms with Gasteiger partial charge in [0.05, 0.1) is 11.9 Å². The quantitative estimate of drug-likeness (QED) is 0.597. The minimum absolute atomic E-state index is 0.100. The van der Waals surface area contributed by atoms with Crippen LogP contribution in [-0.4, -0.2) is 10.2 Å². The summed E-state index contributed by atoms with van der Waals surface area (Å²) in [6.45, 7) is 0. The lowest BCUT2D eigenvalue weighted by atomic mass is 10.1. The van der Waals surface area contributed by atoms with Crippen LogP contribution in [0.25, 0.3) is 11.1 Å². The van der Waals surface area contributed by atoms with E-state index in [0.717, 1.165) is 11.1 Å². The molecule has 1 heterocycles. The molecule has 0 fully saturated rings. The molecule has 5 heteroatoms. The molecular weight excluding hydrogens is 183 g/mol. The van der Waals surface area contributed by atoms with Crippen LogP contribution in [0, 0.1) is 5.82 Å². The fraction of sp³-hybridized carbons (Fsp3) is 0. The highest BCUT2D eigenvalue weighted by atomic mass is 19.1. The minimum atomic E-state index is -0.434. The number of nitrogens with two attached hydrogens (primary N) is 2. The molecule has 0 saturated heterocycles. The van der Waals surface area contributed by atoms with Crippen molar-refractivity contribution in [1.29, 1.82) is 0 Å². The first-order valence-electron chi connectivity index (χ1n) is 4.02. The van der Waals surface area contributed by atoms with Gasteiger partial charge in [0.2, 0.25) is 0 Å². The second kappa shape index (κ2) is 3.02. The van der Waals surface area contributed by atoms with Crippen molar-refractivity contribution in [3.05, 3.63) is 30.2 Å². The molecular formula is C9H9FN4. The van der Waals surface area contributed by atoms with Crippen LogP contribution in [0.3, 0.4) is 0 Å². The van der Waals surface area contributed by atoms with Crippen molar-refractivity contribution in [2.75, 3.05) is 11.5 Å². The van der Waals surface area contributed by atoms with Crippen LogP contribution in [0.4, 0.5) is 15.9 Å². The van der Waals surface area contributed by atoms with Crippen molar-refractivity contribution in [3.63, 3.8) is 0 Å². The van der Waals surface area contributed by atoms with E-state index >= 15 is 0 Å². The van der Waals surface area contributed by atoms with Crippen LogP contribution in [0.1, 0.15) is 0 Å². The first-order valence-corrected chi connectivity index (χ1v) is 4.02. The number of nitrogens with one attached hydrogen (secondary N) is 1.